The van der Waals surface area contributed by atoms with Gasteiger partial charge in [0.05, 0.1) is 13.2 Å². The van der Waals surface area contributed by atoms with Crippen LogP contribution in [0.15, 0.2) is 18.2 Å². The first kappa shape index (κ1) is 17.0. The minimum atomic E-state index is -0.988. The van der Waals surface area contributed by atoms with Crippen molar-refractivity contribution in [2.75, 3.05) is 7.11 Å². The van der Waals surface area contributed by atoms with Gasteiger partial charge in [0.1, 0.15) is 5.78 Å². The summed E-state index contributed by atoms with van der Waals surface area (Å²) in [6, 6.07) is 4.86. The number of hydrogen-bond donors (Lipinski definition) is 3. The van der Waals surface area contributed by atoms with E-state index in [0.29, 0.717) is 12.2 Å². The lowest BCUT2D eigenvalue weighted by molar-refractivity contribution is -0.138. The zero-order valence-corrected chi connectivity index (χ0v) is 11.9. The molecule has 0 saturated heterocycles. The predicted octanol–water partition coefficient (Wildman–Crippen LogP) is 1.52. The summed E-state index contributed by atoms with van der Waals surface area (Å²) in [6.45, 7) is 0. The number of carboxylic acid groups (broad SMARTS) is 1. The van der Waals surface area contributed by atoms with Crippen LogP contribution in [0.3, 0.4) is 0 Å². The number of phenolic OH excluding ortho intramolecular Hbond substituents is 1. The average Bonchev–Trinajstić information content (AvgIpc) is 2.44. The minimum absolute atomic E-state index is 0.0386. The molecule has 6 nitrogen and oxygen atoms in total. The summed E-state index contributed by atoms with van der Waals surface area (Å²) in [5.74, 6) is -0.726. The molecule has 0 amide bonds. The van der Waals surface area contributed by atoms with Gasteiger partial charge in [-0.3, -0.25) is 9.59 Å². The van der Waals surface area contributed by atoms with E-state index in [1.165, 1.54) is 13.2 Å². The highest BCUT2D eigenvalue weighted by molar-refractivity contribution is 5.79. The van der Waals surface area contributed by atoms with E-state index in [1.807, 2.05) is 0 Å². The molecule has 0 aliphatic carbocycles. The van der Waals surface area contributed by atoms with Gasteiger partial charge in [-0.1, -0.05) is 6.07 Å². The van der Waals surface area contributed by atoms with E-state index in [4.69, 9.17) is 9.84 Å². The van der Waals surface area contributed by atoms with E-state index in [1.54, 1.807) is 12.1 Å². The number of aliphatic carboxylic acids is 1. The Balaban J connectivity index is 2.40. The fourth-order valence-corrected chi connectivity index (χ4v) is 1.92. The summed E-state index contributed by atoms with van der Waals surface area (Å²) in [5, 5.41) is 27.5. The van der Waals surface area contributed by atoms with Crippen molar-refractivity contribution in [2.45, 2.75) is 38.2 Å². The Morgan fingerprint density at radius 1 is 1.29 bits per heavy atom. The standard InChI is InChI=1S/C15H20O6/c1-21-14-8-10(3-6-13(14)18)2-4-11(16)9-12(17)5-7-15(19)20/h3,6,8,12,17-18H,2,4-5,7,9H2,1H3,(H,19,20). The fourth-order valence-electron chi connectivity index (χ4n) is 1.92. The number of ether oxygens (including phenoxy) is 1. The first-order valence-electron chi connectivity index (χ1n) is 6.69. The van der Waals surface area contributed by atoms with Crippen molar-refractivity contribution in [2.24, 2.45) is 0 Å². The highest BCUT2D eigenvalue weighted by Crippen LogP contribution is 2.26. The van der Waals surface area contributed by atoms with Crippen molar-refractivity contribution in [3.63, 3.8) is 0 Å². The fraction of sp³-hybridized carbons (Fsp3) is 0.467. The van der Waals surface area contributed by atoms with Gasteiger partial charge >= 0.3 is 5.97 Å². The first-order valence-corrected chi connectivity index (χ1v) is 6.69. The lowest BCUT2D eigenvalue weighted by atomic mass is 10.0. The summed E-state index contributed by atoms with van der Waals surface area (Å²) >= 11 is 0. The number of carbonyl (C=O) groups is 2. The maximum absolute atomic E-state index is 11.7. The third-order valence-corrected chi connectivity index (χ3v) is 3.09. The molecule has 0 aromatic heterocycles. The number of carboxylic acids is 1. The van der Waals surface area contributed by atoms with Gasteiger partial charge in [0.15, 0.2) is 11.5 Å². The van der Waals surface area contributed by atoms with Crippen molar-refractivity contribution in [1.29, 1.82) is 0 Å². The van der Waals surface area contributed by atoms with E-state index >= 15 is 0 Å². The van der Waals surface area contributed by atoms with E-state index in [0.717, 1.165) is 5.56 Å². The second-order valence-electron chi connectivity index (χ2n) is 4.84. The molecule has 6 heteroatoms. The van der Waals surface area contributed by atoms with Crippen molar-refractivity contribution < 1.29 is 29.6 Å². The van der Waals surface area contributed by atoms with E-state index in [-0.39, 0.29) is 37.2 Å². The van der Waals surface area contributed by atoms with Gasteiger partial charge in [-0.25, -0.2) is 0 Å². The largest absolute Gasteiger partial charge is 0.504 e. The molecule has 1 atom stereocenters. The molecule has 0 aliphatic rings. The third kappa shape index (κ3) is 6.27. The Morgan fingerprint density at radius 2 is 2.00 bits per heavy atom. The summed E-state index contributed by atoms with van der Waals surface area (Å²) in [5.41, 5.74) is 0.845. The van der Waals surface area contributed by atoms with Crippen LogP contribution in [-0.4, -0.2) is 40.3 Å². The Bertz CT molecular complexity index is 497. The number of Topliss-reactive ketones (excluding diaryl/α,β-unsaturated/α-hetero) is 1. The molecule has 1 rings (SSSR count). The highest BCUT2D eigenvalue weighted by atomic mass is 16.5. The molecule has 0 fully saturated rings. The second-order valence-corrected chi connectivity index (χ2v) is 4.84. The van der Waals surface area contributed by atoms with Gasteiger partial charge in [0, 0.05) is 19.3 Å². The SMILES string of the molecule is COc1cc(CCC(=O)CC(O)CCC(=O)O)ccc1O. The Labute approximate surface area is 123 Å². The van der Waals surface area contributed by atoms with Crippen LogP contribution < -0.4 is 4.74 Å². The van der Waals surface area contributed by atoms with Crippen molar-refractivity contribution in [3.05, 3.63) is 23.8 Å². The van der Waals surface area contributed by atoms with Crippen LogP contribution in [0.5, 0.6) is 11.5 Å². The molecule has 21 heavy (non-hydrogen) atoms. The van der Waals surface area contributed by atoms with E-state index < -0.39 is 12.1 Å². The number of carbonyl (C=O) groups excluding carboxylic acids is 1. The van der Waals surface area contributed by atoms with Crippen LogP contribution in [0.1, 0.15) is 31.2 Å². The molecule has 1 aromatic carbocycles. The molecule has 0 spiro atoms. The summed E-state index contributed by atoms with van der Waals surface area (Å²) in [6.07, 6.45) is -0.303. The maximum atomic E-state index is 11.7. The molecule has 1 aromatic rings. The predicted molar refractivity (Wildman–Crippen MR) is 75.5 cm³/mol. The van der Waals surface area contributed by atoms with Gasteiger partial charge in [-0.2, -0.15) is 0 Å². The number of hydrogen-bond acceptors (Lipinski definition) is 5. The molecule has 3 N–H and O–H groups in total. The average molecular weight is 296 g/mol. The van der Waals surface area contributed by atoms with Gasteiger partial charge in [0.2, 0.25) is 0 Å². The summed E-state index contributed by atoms with van der Waals surface area (Å²) in [7, 11) is 1.45. The van der Waals surface area contributed by atoms with Gasteiger partial charge in [-0.15, -0.1) is 0 Å². The number of aromatic hydroxyl groups is 1. The van der Waals surface area contributed by atoms with E-state index in [9.17, 15) is 19.8 Å². The number of aliphatic hydroxyl groups excluding tert-OH is 1. The normalized spacial score (nSPS) is 11.9. The highest BCUT2D eigenvalue weighted by Gasteiger charge is 2.13. The Kier molecular flexibility index (Phi) is 6.68. The van der Waals surface area contributed by atoms with Crippen LogP contribution in [-0.2, 0) is 16.0 Å². The van der Waals surface area contributed by atoms with E-state index in [2.05, 4.69) is 0 Å². The topological polar surface area (TPSA) is 104 Å². The van der Waals surface area contributed by atoms with Crippen LogP contribution in [0, 0.1) is 0 Å². The Morgan fingerprint density at radius 3 is 2.62 bits per heavy atom. The molecule has 1 unspecified atom stereocenters. The van der Waals surface area contributed by atoms with Crippen LogP contribution in [0.4, 0.5) is 0 Å². The number of benzene rings is 1. The molecule has 0 aliphatic heterocycles. The molecule has 0 heterocycles. The Hall–Kier alpha value is -2.08. The lowest BCUT2D eigenvalue weighted by Crippen LogP contribution is -2.15. The molecule has 0 bridgehead atoms. The summed E-state index contributed by atoms with van der Waals surface area (Å²) in [4.78, 5) is 22.1. The summed E-state index contributed by atoms with van der Waals surface area (Å²) < 4.78 is 4.98. The van der Waals surface area contributed by atoms with Gasteiger partial charge < -0.3 is 20.1 Å². The maximum Gasteiger partial charge on any atom is 0.303 e. The molecular weight excluding hydrogens is 276 g/mol. The van der Waals surface area contributed by atoms with Crippen LogP contribution >= 0.6 is 0 Å². The van der Waals surface area contributed by atoms with Crippen molar-refractivity contribution in [3.8, 4) is 11.5 Å². The number of rotatable bonds is 9. The third-order valence-electron chi connectivity index (χ3n) is 3.09. The molecule has 116 valence electrons. The number of aliphatic hydroxyl groups is 1. The smallest absolute Gasteiger partial charge is 0.303 e. The number of ketones is 1. The van der Waals surface area contributed by atoms with Gasteiger partial charge in [-0.05, 0) is 30.5 Å². The van der Waals surface area contributed by atoms with Crippen LogP contribution in [0.2, 0.25) is 0 Å². The second kappa shape index (κ2) is 8.26. The number of phenols is 1. The molecular formula is C15H20O6. The zero-order chi connectivity index (χ0) is 15.8. The minimum Gasteiger partial charge on any atom is -0.504 e. The van der Waals surface area contributed by atoms with Crippen molar-refractivity contribution >= 4 is 11.8 Å². The quantitative estimate of drug-likeness (QED) is 0.638. The lowest BCUT2D eigenvalue weighted by Gasteiger charge is -2.09. The molecule has 0 saturated carbocycles. The zero-order valence-electron chi connectivity index (χ0n) is 11.9. The van der Waals surface area contributed by atoms with Gasteiger partial charge in [0.25, 0.3) is 0 Å². The number of aryl methyl sites for hydroxylation is 1. The molecule has 0 radical (unpaired) electrons. The monoisotopic (exact) mass is 296 g/mol. The first-order chi connectivity index (χ1) is 9.92. The number of methoxy groups -OCH3 is 1. The van der Waals surface area contributed by atoms with Crippen molar-refractivity contribution in [1.82, 2.24) is 0 Å². The van der Waals surface area contributed by atoms with Crippen LogP contribution in [0.25, 0.3) is 0 Å².